The number of phenolic OH excluding ortho intramolecular Hbond substituents is 1. The van der Waals surface area contributed by atoms with Crippen molar-refractivity contribution < 1.29 is 29.4 Å². The zero-order chi connectivity index (χ0) is 21.4. The Morgan fingerprint density at radius 3 is 2.07 bits per heavy atom. The van der Waals surface area contributed by atoms with Crippen LogP contribution in [0.15, 0.2) is 24.3 Å². The molecule has 1 aromatic rings. The molecule has 10 heteroatoms. The van der Waals surface area contributed by atoms with Crippen molar-refractivity contribution in [1.29, 1.82) is 0 Å². The molecule has 10 nitrogen and oxygen atoms in total. The van der Waals surface area contributed by atoms with Crippen molar-refractivity contribution in [2.24, 2.45) is 17.4 Å². The molecule has 3 atom stereocenters. The Hall–Kier alpha value is -3.14. The van der Waals surface area contributed by atoms with E-state index in [9.17, 15) is 29.4 Å². The van der Waals surface area contributed by atoms with Crippen LogP contribution in [0.25, 0.3) is 0 Å². The molecule has 0 aliphatic rings. The topological polar surface area (TPSA) is 185 Å². The number of aromatic hydroxyl groups is 1. The van der Waals surface area contributed by atoms with Crippen LogP contribution in [0.3, 0.4) is 0 Å². The van der Waals surface area contributed by atoms with Gasteiger partial charge >= 0.3 is 5.97 Å². The molecule has 3 unspecified atom stereocenters. The van der Waals surface area contributed by atoms with Crippen molar-refractivity contribution in [3.05, 3.63) is 29.8 Å². The third-order valence-corrected chi connectivity index (χ3v) is 4.00. The molecule has 0 aromatic heterocycles. The molecule has 8 N–H and O–H groups in total. The molecule has 0 aliphatic heterocycles. The van der Waals surface area contributed by atoms with Crippen LogP contribution in [0.5, 0.6) is 5.75 Å². The number of primary amides is 1. The van der Waals surface area contributed by atoms with Gasteiger partial charge in [-0.05, 0) is 23.6 Å². The minimum absolute atomic E-state index is 0.0194. The monoisotopic (exact) mass is 394 g/mol. The molecule has 0 saturated carbocycles. The van der Waals surface area contributed by atoms with Crippen LogP contribution in [0, 0.1) is 5.92 Å². The second kappa shape index (κ2) is 10.3. The number of carbonyl (C=O) groups excluding carboxylic acids is 3. The Balaban J connectivity index is 3.00. The largest absolute Gasteiger partial charge is 0.508 e. The van der Waals surface area contributed by atoms with E-state index in [-0.39, 0.29) is 18.1 Å². The summed E-state index contributed by atoms with van der Waals surface area (Å²) in [7, 11) is 0. The van der Waals surface area contributed by atoms with Crippen LogP contribution in [-0.2, 0) is 25.6 Å². The van der Waals surface area contributed by atoms with Gasteiger partial charge in [0.15, 0.2) is 0 Å². The van der Waals surface area contributed by atoms with Crippen LogP contribution in [0.2, 0.25) is 0 Å². The first-order chi connectivity index (χ1) is 13.0. The average Bonchev–Trinajstić information content (AvgIpc) is 2.59. The number of carboxylic acid groups (broad SMARTS) is 1. The lowest BCUT2D eigenvalue weighted by molar-refractivity contribution is -0.143. The van der Waals surface area contributed by atoms with Gasteiger partial charge in [0, 0.05) is 6.42 Å². The van der Waals surface area contributed by atoms with Crippen molar-refractivity contribution in [3.63, 3.8) is 0 Å². The maximum atomic E-state index is 12.6. The molecule has 0 saturated heterocycles. The molecule has 0 fully saturated rings. The quantitative estimate of drug-likeness (QED) is 0.289. The van der Waals surface area contributed by atoms with Gasteiger partial charge in [0.05, 0.1) is 12.5 Å². The lowest BCUT2D eigenvalue weighted by atomic mass is 10.0. The van der Waals surface area contributed by atoms with Gasteiger partial charge in [-0.15, -0.1) is 0 Å². The number of phenols is 1. The zero-order valence-electron chi connectivity index (χ0n) is 15.7. The number of nitrogens with two attached hydrogens (primary N) is 2. The maximum Gasteiger partial charge on any atom is 0.326 e. The van der Waals surface area contributed by atoms with E-state index in [1.165, 1.54) is 12.1 Å². The molecule has 3 amide bonds. The number of rotatable bonds is 10. The maximum absolute atomic E-state index is 12.6. The molecule has 154 valence electrons. The predicted octanol–water partition coefficient (Wildman–Crippen LogP) is -1.15. The van der Waals surface area contributed by atoms with Gasteiger partial charge in [0.2, 0.25) is 17.7 Å². The highest BCUT2D eigenvalue weighted by atomic mass is 16.4. The third-order valence-electron chi connectivity index (χ3n) is 4.00. The van der Waals surface area contributed by atoms with E-state index in [2.05, 4.69) is 10.6 Å². The second-order valence-corrected chi connectivity index (χ2v) is 6.78. The third kappa shape index (κ3) is 7.23. The van der Waals surface area contributed by atoms with Gasteiger partial charge < -0.3 is 32.3 Å². The van der Waals surface area contributed by atoms with Crippen LogP contribution in [0.4, 0.5) is 0 Å². The van der Waals surface area contributed by atoms with E-state index >= 15 is 0 Å². The molecular formula is C18H26N4O6. The molecular weight excluding hydrogens is 368 g/mol. The fourth-order valence-electron chi connectivity index (χ4n) is 2.43. The lowest BCUT2D eigenvalue weighted by Crippen LogP contribution is -2.56. The Labute approximate surface area is 162 Å². The molecule has 0 heterocycles. The van der Waals surface area contributed by atoms with Gasteiger partial charge in [-0.2, -0.15) is 0 Å². The summed E-state index contributed by atoms with van der Waals surface area (Å²) >= 11 is 0. The van der Waals surface area contributed by atoms with Crippen LogP contribution < -0.4 is 22.1 Å². The SMILES string of the molecule is CC(C)C(NC(=O)C(Cc1ccc(O)cc1)NC(=O)C(N)CC(N)=O)C(=O)O. The smallest absolute Gasteiger partial charge is 0.326 e. The second-order valence-electron chi connectivity index (χ2n) is 6.78. The summed E-state index contributed by atoms with van der Waals surface area (Å²) in [5.41, 5.74) is 11.2. The molecule has 1 aromatic carbocycles. The number of carboxylic acids is 1. The summed E-state index contributed by atoms with van der Waals surface area (Å²) in [5, 5.41) is 23.5. The zero-order valence-corrected chi connectivity index (χ0v) is 15.7. The highest BCUT2D eigenvalue weighted by molar-refractivity contribution is 5.93. The summed E-state index contributed by atoms with van der Waals surface area (Å²) in [6, 6.07) is 2.42. The molecule has 0 radical (unpaired) electrons. The number of hydrogen-bond donors (Lipinski definition) is 6. The van der Waals surface area contributed by atoms with Gasteiger partial charge in [-0.3, -0.25) is 14.4 Å². The number of aliphatic carboxylic acids is 1. The molecule has 1 rings (SSSR count). The van der Waals surface area contributed by atoms with Crippen molar-refractivity contribution in [2.45, 2.75) is 44.8 Å². The highest BCUT2D eigenvalue weighted by Crippen LogP contribution is 2.12. The summed E-state index contributed by atoms with van der Waals surface area (Å²) in [6.07, 6.45) is -0.380. The molecule has 0 spiro atoms. The minimum atomic E-state index is -1.24. The number of hydrogen-bond acceptors (Lipinski definition) is 6. The van der Waals surface area contributed by atoms with Crippen molar-refractivity contribution in [1.82, 2.24) is 10.6 Å². The van der Waals surface area contributed by atoms with Crippen molar-refractivity contribution >= 4 is 23.7 Å². The van der Waals surface area contributed by atoms with E-state index in [0.29, 0.717) is 5.56 Å². The van der Waals surface area contributed by atoms with E-state index in [4.69, 9.17) is 11.5 Å². The molecule has 0 bridgehead atoms. The van der Waals surface area contributed by atoms with Crippen LogP contribution in [0.1, 0.15) is 25.8 Å². The first kappa shape index (κ1) is 22.9. The number of amides is 3. The summed E-state index contributed by atoms with van der Waals surface area (Å²) in [6.45, 7) is 3.27. The molecule has 0 aliphatic carbocycles. The van der Waals surface area contributed by atoms with E-state index in [1.54, 1.807) is 26.0 Å². The Bertz CT molecular complexity index is 719. The summed E-state index contributed by atoms with van der Waals surface area (Å²) in [4.78, 5) is 47.1. The first-order valence-corrected chi connectivity index (χ1v) is 8.66. The van der Waals surface area contributed by atoms with Gasteiger partial charge in [0.1, 0.15) is 17.8 Å². The van der Waals surface area contributed by atoms with Crippen LogP contribution in [-0.4, -0.2) is 52.0 Å². The van der Waals surface area contributed by atoms with Crippen molar-refractivity contribution in [2.75, 3.05) is 0 Å². The standard InChI is InChI=1S/C18H26N4O6/c1-9(2)15(18(27)28)22-17(26)13(7-10-3-5-11(23)6-4-10)21-16(25)12(19)8-14(20)24/h3-6,9,12-13,15,23H,7-8,19H2,1-2H3,(H2,20,24)(H,21,25)(H,22,26)(H,27,28). The number of benzene rings is 1. The average molecular weight is 394 g/mol. The molecule has 28 heavy (non-hydrogen) atoms. The van der Waals surface area contributed by atoms with Crippen molar-refractivity contribution in [3.8, 4) is 5.75 Å². The fourth-order valence-corrected chi connectivity index (χ4v) is 2.43. The van der Waals surface area contributed by atoms with Crippen LogP contribution >= 0.6 is 0 Å². The Morgan fingerprint density at radius 2 is 1.61 bits per heavy atom. The Kier molecular flexibility index (Phi) is 8.39. The number of nitrogens with one attached hydrogen (secondary N) is 2. The number of carbonyl (C=O) groups is 4. The van der Waals surface area contributed by atoms with E-state index in [1.807, 2.05) is 0 Å². The highest BCUT2D eigenvalue weighted by Gasteiger charge is 2.30. The van der Waals surface area contributed by atoms with E-state index < -0.39 is 48.2 Å². The van der Waals surface area contributed by atoms with Gasteiger partial charge in [-0.1, -0.05) is 26.0 Å². The normalized spacial score (nSPS) is 14.0. The Morgan fingerprint density at radius 1 is 1.04 bits per heavy atom. The predicted molar refractivity (Wildman–Crippen MR) is 99.9 cm³/mol. The first-order valence-electron chi connectivity index (χ1n) is 8.66. The lowest BCUT2D eigenvalue weighted by Gasteiger charge is -2.24. The minimum Gasteiger partial charge on any atom is -0.508 e. The van der Waals surface area contributed by atoms with Gasteiger partial charge in [-0.25, -0.2) is 4.79 Å². The fraction of sp³-hybridized carbons (Fsp3) is 0.444. The van der Waals surface area contributed by atoms with Gasteiger partial charge in [0.25, 0.3) is 0 Å². The van der Waals surface area contributed by atoms with E-state index in [0.717, 1.165) is 0 Å². The summed E-state index contributed by atoms with van der Waals surface area (Å²) in [5.74, 6) is -3.81. The summed E-state index contributed by atoms with van der Waals surface area (Å²) < 4.78 is 0.